The van der Waals surface area contributed by atoms with Crippen molar-refractivity contribution in [2.75, 3.05) is 5.32 Å². The predicted molar refractivity (Wildman–Crippen MR) is 87.6 cm³/mol. The molecule has 1 atom stereocenters. The molecule has 2 heterocycles. The van der Waals surface area contributed by atoms with Crippen LogP contribution in [0.1, 0.15) is 59.4 Å². The summed E-state index contributed by atoms with van der Waals surface area (Å²) in [4.78, 5) is 4.61. The first kappa shape index (κ1) is 14.4. The third-order valence-corrected chi connectivity index (χ3v) is 4.77. The van der Waals surface area contributed by atoms with Crippen molar-refractivity contribution in [3.8, 4) is 0 Å². The van der Waals surface area contributed by atoms with Crippen molar-refractivity contribution in [2.45, 2.75) is 65.5 Å². The van der Waals surface area contributed by atoms with Gasteiger partial charge in [0, 0.05) is 17.5 Å². The van der Waals surface area contributed by atoms with Gasteiger partial charge in [-0.15, -0.1) is 0 Å². The molecular formula is C17H26N4. The molecule has 114 valence electrons. The fraction of sp³-hybridized carbons (Fsp3) is 0.647. The van der Waals surface area contributed by atoms with Gasteiger partial charge in [-0.1, -0.05) is 26.7 Å². The highest BCUT2D eigenvalue weighted by atomic mass is 15.3. The van der Waals surface area contributed by atoms with Crippen molar-refractivity contribution in [3.63, 3.8) is 0 Å². The molecule has 0 amide bonds. The Morgan fingerprint density at radius 1 is 1.29 bits per heavy atom. The smallest absolute Gasteiger partial charge is 0.158 e. The lowest BCUT2D eigenvalue weighted by Gasteiger charge is -2.39. The number of aromatic nitrogens is 3. The van der Waals surface area contributed by atoms with Gasteiger partial charge in [0.05, 0.1) is 18.1 Å². The Hall–Kier alpha value is -1.58. The molecule has 21 heavy (non-hydrogen) atoms. The molecule has 0 saturated heterocycles. The van der Waals surface area contributed by atoms with Crippen LogP contribution in [0.3, 0.4) is 0 Å². The van der Waals surface area contributed by atoms with Crippen LogP contribution >= 0.6 is 0 Å². The van der Waals surface area contributed by atoms with Crippen LogP contribution in [0, 0.1) is 5.41 Å². The third kappa shape index (κ3) is 2.76. The van der Waals surface area contributed by atoms with Gasteiger partial charge in [0.15, 0.2) is 5.65 Å². The molecule has 1 fully saturated rings. The maximum Gasteiger partial charge on any atom is 0.158 e. The number of hydrogen-bond donors (Lipinski definition) is 1. The molecule has 0 aromatic carbocycles. The highest BCUT2D eigenvalue weighted by molar-refractivity contribution is 5.78. The van der Waals surface area contributed by atoms with Crippen LogP contribution in [0.5, 0.6) is 0 Å². The molecule has 3 rings (SSSR count). The standard InChI is InChI=1S/C17H26N4/c1-12(2)21-16-13(10-19-21)9-14(11-18-16)20-15-7-5-6-8-17(15,3)4/h9-12,15,20H,5-8H2,1-4H3. The lowest BCUT2D eigenvalue weighted by Crippen LogP contribution is -2.38. The van der Waals surface area contributed by atoms with Crippen LogP contribution in [0.15, 0.2) is 18.5 Å². The van der Waals surface area contributed by atoms with E-state index in [0.29, 0.717) is 17.5 Å². The molecule has 0 spiro atoms. The second kappa shape index (κ2) is 5.32. The predicted octanol–water partition coefficient (Wildman–Crippen LogP) is 4.39. The Bertz CT molecular complexity index is 627. The molecule has 0 radical (unpaired) electrons. The minimum Gasteiger partial charge on any atom is -0.381 e. The first-order valence-corrected chi connectivity index (χ1v) is 8.07. The highest BCUT2D eigenvalue weighted by Crippen LogP contribution is 2.37. The van der Waals surface area contributed by atoms with Gasteiger partial charge in [0.25, 0.3) is 0 Å². The minimum absolute atomic E-state index is 0.339. The summed E-state index contributed by atoms with van der Waals surface area (Å²) < 4.78 is 1.98. The van der Waals surface area contributed by atoms with Gasteiger partial charge in [-0.2, -0.15) is 5.10 Å². The van der Waals surface area contributed by atoms with E-state index in [9.17, 15) is 0 Å². The van der Waals surface area contributed by atoms with E-state index >= 15 is 0 Å². The Morgan fingerprint density at radius 2 is 2.10 bits per heavy atom. The molecule has 1 aliphatic rings. The van der Waals surface area contributed by atoms with Gasteiger partial charge < -0.3 is 5.32 Å². The Kier molecular flexibility index (Phi) is 3.64. The normalized spacial score (nSPS) is 21.9. The van der Waals surface area contributed by atoms with Gasteiger partial charge in [-0.05, 0) is 38.2 Å². The van der Waals surface area contributed by atoms with Crippen LogP contribution in [0.25, 0.3) is 11.0 Å². The average Bonchev–Trinajstić information content (AvgIpc) is 2.84. The summed E-state index contributed by atoms with van der Waals surface area (Å²) in [5, 5.41) is 9.25. The van der Waals surface area contributed by atoms with E-state index in [2.05, 4.69) is 49.2 Å². The summed E-state index contributed by atoms with van der Waals surface area (Å²) in [6, 6.07) is 3.05. The number of nitrogens with one attached hydrogen (secondary N) is 1. The summed E-state index contributed by atoms with van der Waals surface area (Å²) in [5.74, 6) is 0. The van der Waals surface area contributed by atoms with Gasteiger partial charge >= 0.3 is 0 Å². The van der Waals surface area contributed by atoms with E-state index < -0.39 is 0 Å². The van der Waals surface area contributed by atoms with Crippen LogP contribution in [0.4, 0.5) is 5.69 Å². The maximum absolute atomic E-state index is 4.61. The molecule has 1 unspecified atom stereocenters. The molecule has 0 bridgehead atoms. The number of pyridine rings is 1. The lowest BCUT2D eigenvalue weighted by atomic mass is 9.73. The Balaban J connectivity index is 1.85. The zero-order valence-electron chi connectivity index (χ0n) is 13.6. The summed E-state index contributed by atoms with van der Waals surface area (Å²) in [6.07, 6.45) is 9.08. The summed E-state index contributed by atoms with van der Waals surface area (Å²) in [7, 11) is 0. The third-order valence-electron chi connectivity index (χ3n) is 4.77. The van der Waals surface area contributed by atoms with E-state index in [1.165, 1.54) is 25.7 Å². The number of rotatable bonds is 3. The van der Waals surface area contributed by atoms with Crippen molar-refractivity contribution >= 4 is 16.7 Å². The molecule has 1 N–H and O–H groups in total. The fourth-order valence-corrected chi connectivity index (χ4v) is 3.36. The average molecular weight is 286 g/mol. The fourth-order valence-electron chi connectivity index (χ4n) is 3.36. The van der Waals surface area contributed by atoms with E-state index in [1.807, 2.05) is 17.1 Å². The van der Waals surface area contributed by atoms with Gasteiger partial charge in [-0.25, -0.2) is 9.67 Å². The van der Waals surface area contributed by atoms with E-state index in [4.69, 9.17) is 0 Å². The van der Waals surface area contributed by atoms with Crippen molar-refractivity contribution in [1.82, 2.24) is 14.8 Å². The molecular weight excluding hydrogens is 260 g/mol. The van der Waals surface area contributed by atoms with Crippen molar-refractivity contribution in [2.24, 2.45) is 5.41 Å². The number of anilines is 1. The van der Waals surface area contributed by atoms with Crippen LogP contribution in [-0.4, -0.2) is 20.8 Å². The molecule has 1 aliphatic carbocycles. The second-order valence-electron chi connectivity index (χ2n) is 7.25. The van der Waals surface area contributed by atoms with Gasteiger partial charge in [0.1, 0.15) is 0 Å². The SMILES string of the molecule is CC(C)n1ncc2cc(NC3CCCCC3(C)C)cnc21. The van der Waals surface area contributed by atoms with Crippen LogP contribution < -0.4 is 5.32 Å². The van der Waals surface area contributed by atoms with Gasteiger partial charge in [0.2, 0.25) is 0 Å². The first-order valence-electron chi connectivity index (χ1n) is 8.07. The topological polar surface area (TPSA) is 42.7 Å². The Morgan fingerprint density at radius 3 is 2.81 bits per heavy atom. The molecule has 4 nitrogen and oxygen atoms in total. The van der Waals surface area contributed by atoms with E-state index in [0.717, 1.165) is 16.7 Å². The largest absolute Gasteiger partial charge is 0.381 e. The number of nitrogens with zero attached hydrogens (tertiary/aromatic N) is 3. The Labute approximate surface area is 126 Å². The van der Waals surface area contributed by atoms with Crippen molar-refractivity contribution < 1.29 is 0 Å². The van der Waals surface area contributed by atoms with Crippen LogP contribution in [0.2, 0.25) is 0 Å². The quantitative estimate of drug-likeness (QED) is 0.909. The maximum atomic E-state index is 4.61. The first-order chi connectivity index (χ1) is 9.97. The molecule has 2 aromatic heterocycles. The van der Waals surface area contributed by atoms with Gasteiger partial charge in [-0.3, -0.25) is 0 Å². The van der Waals surface area contributed by atoms with E-state index in [1.54, 1.807) is 0 Å². The lowest BCUT2D eigenvalue weighted by molar-refractivity contribution is 0.217. The highest BCUT2D eigenvalue weighted by Gasteiger charge is 2.32. The number of hydrogen-bond acceptors (Lipinski definition) is 3. The zero-order chi connectivity index (χ0) is 15.0. The number of fused-ring (bicyclic) bond motifs is 1. The van der Waals surface area contributed by atoms with E-state index in [-0.39, 0.29) is 0 Å². The summed E-state index contributed by atoms with van der Waals surface area (Å²) in [6.45, 7) is 8.99. The van der Waals surface area contributed by atoms with Crippen LogP contribution in [-0.2, 0) is 0 Å². The summed E-state index contributed by atoms with van der Waals surface area (Å²) >= 11 is 0. The minimum atomic E-state index is 0.339. The molecule has 1 saturated carbocycles. The molecule has 4 heteroatoms. The monoisotopic (exact) mass is 286 g/mol. The van der Waals surface area contributed by atoms with Crippen molar-refractivity contribution in [1.29, 1.82) is 0 Å². The summed E-state index contributed by atoms with van der Waals surface area (Å²) in [5.41, 5.74) is 2.44. The van der Waals surface area contributed by atoms with Crippen molar-refractivity contribution in [3.05, 3.63) is 18.5 Å². The molecule has 2 aromatic rings. The second-order valence-corrected chi connectivity index (χ2v) is 7.25. The molecule has 0 aliphatic heterocycles. The zero-order valence-corrected chi connectivity index (χ0v) is 13.6.